The lowest BCUT2D eigenvalue weighted by molar-refractivity contribution is -0.112. The number of ether oxygens (including phenoxy) is 1. The molecule has 0 saturated heterocycles. The Kier molecular flexibility index (Phi) is 7.43. The van der Waals surface area contributed by atoms with Crippen LogP contribution in [-0.4, -0.2) is 18.5 Å². The standard InChI is InChI=1S/C20H19ClN4O3/c1-2-28-20(27)14-5-3-13(4-6-14)11-24-12-15(10-22)19(26)25-18-8-7-16(23)9-17(18)21/h3-9,12,24H,2,11,23H2,1H3,(H,25,26)/b15-12-. The lowest BCUT2D eigenvalue weighted by Crippen LogP contribution is -2.17. The van der Waals surface area contributed by atoms with E-state index in [1.54, 1.807) is 43.3 Å². The zero-order chi connectivity index (χ0) is 20.5. The molecule has 0 fully saturated rings. The average Bonchev–Trinajstić information content (AvgIpc) is 2.68. The second-order valence-electron chi connectivity index (χ2n) is 5.66. The molecule has 0 heterocycles. The molecule has 2 rings (SSSR count). The SMILES string of the molecule is CCOC(=O)c1ccc(CN/C=C(/C#N)C(=O)Nc2ccc(N)cc2Cl)cc1. The molecule has 0 aliphatic carbocycles. The second-order valence-corrected chi connectivity index (χ2v) is 6.07. The maximum absolute atomic E-state index is 12.2. The van der Waals surface area contributed by atoms with E-state index in [0.29, 0.717) is 30.1 Å². The fourth-order valence-corrected chi connectivity index (χ4v) is 2.45. The van der Waals surface area contributed by atoms with Crippen LogP contribution in [0.25, 0.3) is 0 Å². The van der Waals surface area contributed by atoms with Gasteiger partial charge in [-0.3, -0.25) is 4.79 Å². The van der Waals surface area contributed by atoms with Crippen molar-refractivity contribution in [2.24, 2.45) is 0 Å². The van der Waals surface area contributed by atoms with Crippen molar-refractivity contribution in [2.45, 2.75) is 13.5 Å². The first-order valence-corrected chi connectivity index (χ1v) is 8.78. The summed E-state index contributed by atoms with van der Waals surface area (Å²) in [6.07, 6.45) is 1.32. The molecule has 7 nitrogen and oxygen atoms in total. The van der Waals surface area contributed by atoms with Gasteiger partial charge in [-0.2, -0.15) is 5.26 Å². The van der Waals surface area contributed by atoms with Gasteiger partial charge in [-0.25, -0.2) is 4.79 Å². The van der Waals surface area contributed by atoms with E-state index in [0.717, 1.165) is 5.56 Å². The number of nitrogens with two attached hydrogens (primary N) is 1. The number of nitrogens with zero attached hydrogens (tertiary/aromatic N) is 1. The van der Waals surface area contributed by atoms with E-state index in [2.05, 4.69) is 10.6 Å². The summed E-state index contributed by atoms with van der Waals surface area (Å²) in [5.41, 5.74) is 7.64. The third-order valence-electron chi connectivity index (χ3n) is 3.62. The molecule has 0 atom stereocenters. The number of amides is 1. The quantitative estimate of drug-likeness (QED) is 0.285. The highest BCUT2D eigenvalue weighted by molar-refractivity contribution is 6.34. The van der Waals surface area contributed by atoms with Gasteiger partial charge >= 0.3 is 5.97 Å². The molecule has 0 aliphatic heterocycles. The Labute approximate surface area is 167 Å². The highest BCUT2D eigenvalue weighted by Gasteiger charge is 2.11. The first-order chi connectivity index (χ1) is 13.4. The van der Waals surface area contributed by atoms with Crippen LogP contribution in [0.3, 0.4) is 0 Å². The van der Waals surface area contributed by atoms with Gasteiger partial charge in [0.15, 0.2) is 0 Å². The molecule has 0 saturated carbocycles. The number of carbonyl (C=O) groups is 2. The van der Waals surface area contributed by atoms with Crippen LogP contribution in [-0.2, 0) is 16.1 Å². The average molecular weight is 399 g/mol. The summed E-state index contributed by atoms with van der Waals surface area (Å²) in [6, 6.07) is 13.3. The van der Waals surface area contributed by atoms with Crippen molar-refractivity contribution in [3.8, 4) is 6.07 Å². The van der Waals surface area contributed by atoms with Gasteiger partial charge < -0.3 is 21.1 Å². The van der Waals surface area contributed by atoms with Crippen molar-refractivity contribution in [1.82, 2.24) is 5.32 Å². The fourth-order valence-electron chi connectivity index (χ4n) is 2.22. The number of nitriles is 1. The molecule has 0 bridgehead atoms. The lowest BCUT2D eigenvalue weighted by atomic mass is 10.1. The minimum atomic E-state index is -0.598. The lowest BCUT2D eigenvalue weighted by Gasteiger charge is -2.08. The summed E-state index contributed by atoms with van der Waals surface area (Å²) in [4.78, 5) is 23.8. The van der Waals surface area contributed by atoms with Gasteiger partial charge in [0.05, 0.1) is 22.9 Å². The zero-order valence-electron chi connectivity index (χ0n) is 15.2. The summed E-state index contributed by atoms with van der Waals surface area (Å²) >= 11 is 6.01. The van der Waals surface area contributed by atoms with E-state index in [9.17, 15) is 14.9 Å². The van der Waals surface area contributed by atoms with Crippen LogP contribution in [0.15, 0.2) is 54.2 Å². The van der Waals surface area contributed by atoms with Crippen LogP contribution in [0.2, 0.25) is 5.02 Å². The topological polar surface area (TPSA) is 117 Å². The Morgan fingerprint density at radius 3 is 2.57 bits per heavy atom. The number of benzene rings is 2. The summed E-state index contributed by atoms with van der Waals surface area (Å²) in [5.74, 6) is -0.981. The Morgan fingerprint density at radius 1 is 1.25 bits per heavy atom. The molecule has 2 aromatic rings. The van der Waals surface area contributed by atoms with Crippen LogP contribution in [0, 0.1) is 11.3 Å². The van der Waals surface area contributed by atoms with E-state index in [1.807, 2.05) is 6.07 Å². The van der Waals surface area contributed by atoms with E-state index < -0.39 is 5.91 Å². The predicted molar refractivity (Wildman–Crippen MR) is 107 cm³/mol. The molecule has 1 amide bonds. The van der Waals surface area contributed by atoms with Crippen molar-refractivity contribution in [2.75, 3.05) is 17.7 Å². The summed E-state index contributed by atoms with van der Waals surface area (Å²) in [6.45, 7) is 2.42. The Bertz CT molecular complexity index is 933. The van der Waals surface area contributed by atoms with E-state index in [4.69, 9.17) is 22.1 Å². The smallest absolute Gasteiger partial charge is 0.338 e. The molecule has 2 aromatic carbocycles. The van der Waals surface area contributed by atoms with Crippen LogP contribution in [0.5, 0.6) is 0 Å². The summed E-state index contributed by atoms with van der Waals surface area (Å²) in [5, 5.41) is 15.0. The first-order valence-electron chi connectivity index (χ1n) is 8.40. The number of esters is 1. The van der Waals surface area contributed by atoms with E-state index in [-0.39, 0.29) is 16.6 Å². The Hall–Kier alpha value is -3.50. The third kappa shape index (κ3) is 5.76. The van der Waals surface area contributed by atoms with E-state index >= 15 is 0 Å². The van der Waals surface area contributed by atoms with Gasteiger partial charge in [0, 0.05) is 18.4 Å². The highest BCUT2D eigenvalue weighted by atomic mass is 35.5. The van der Waals surface area contributed by atoms with Crippen molar-refractivity contribution in [3.63, 3.8) is 0 Å². The summed E-state index contributed by atoms with van der Waals surface area (Å²) in [7, 11) is 0. The van der Waals surface area contributed by atoms with Crippen LogP contribution in [0.4, 0.5) is 11.4 Å². The molecule has 0 aliphatic rings. The maximum atomic E-state index is 12.2. The number of hydrogen-bond acceptors (Lipinski definition) is 6. The molecule has 4 N–H and O–H groups in total. The van der Waals surface area contributed by atoms with Crippen LogP contribution < -0.4 is 16.4 Å². The molecule has 0 aromatic heterocycles. The maximum Gasteiger partial charge on any atom is 0.338 e. The van der Waals surface area contributed by atoms with E-state index in [1.165, 1.54) is 12.3 Å². The van der Waals surface area contributed by atoms with Crippen molar-refractivity contribution in [1.29, 1.82) is 5.26 Å². The van der Waals surface area contributed by atoms with Crippen molar-refractivity contribution in [3.05, 3.63) is 70.4 Å². The number of halogens is 1. The number of carbonyl (C=O) groups excluding carboxylic acids is 2. The number of anilines is 2. The van der Waals surface area contributed by atoms with Crippen LogP contribution >= 0.6 is 11.6 Å². The van der Waals surface area contributed by atoms with Gasteiger partial charge in [0.1, 0.15) is 11.6 Å². The largest absolute Gasteiger partial charge is 0.462 e. The van der Waals surface area contributed by atoms with Gasteiger partial charge in [-0.1, -0.05) is 23.7 Å². The van der Waals surface area contributed by atoms with Crippen LogP contribution in [0.1, 0.15) is 22.8 Å². The zero-order valence-corrected chi connectivity index (χ0v) is 15.9. The molecule has 144 valence electrons. The number of nitrogen functional groups attached to an aromatic ring is 1. The first kappa shape index (κ1) is 20.8. The molecule has 0 spiro atoms. The number of hydrogen-bond donors (Lipinski definition) is 3. The fraction of sp³-hybridized carbons (Fsp3) is 0.150. The Balaban J connectivity index is 1.96. The number of rotatable bonds is 7. The molecule has 8 heteroatoms. The second kappa shape index (κ2) is 10.00. The molecule has 28 heavy (non-hydrogen) atoms. The molecular weight excluding hydrogens is 380 g/mol. The van der Waals surface area contributed by atoms with Crippen molar-refractivity contribution >= 4 is 34.9 Å². The van der Waals surface area contributed by atoms with Gasteiger partial charge in [-0.05, 0) is 42.8 Å². The minimum absolute atomic E-state index is 0.115. The van der Waals surface area contributed by atoms with Gasteiger partial charge in [0.25, 0.3) is 5.91 Å². The van der Waals surface area contributed by atoms with Crippen molar-refractivity contribution < 1.29 is 14.3 Å². The highest BCUT2D eigenvalue weighted by Crippen LogP contribution is 2.24. The van der Waals surface area contributed by atoms with Gasteiger partial charge in [0.2, 0.25) is 0 Å². The molecule has 0 unspecified atom stereocenters. The molecular formula is C20H19ClN4O3. The summed E-state index contributed by atoms with van der Waals surface area (Å²) < 4.78 is 4.92. The third-order valence-corrected chi connectivity index (χ3v) is 3.94. The Morgan fingerprint density at radius 2 is 1.96 bits per heavy atom. The minimum Gasteiger partial charge on any atom is -0.462 e. The predicted octanol–water partition coefficient (Wildman–Crippen LogP) is 3.23. The normalized spacial score (nSPS) is 10.7. The molecule has 0 radical (unpaired) electrons. The monoisotopic (exact) mass is 398 g/mol. The number of nitrogens with one attached hydrogen (secondary N) is 2. The van der Waals surface area contributed by atoms with Gasteiger partial charge in [-0.15, -0.1) is 0 Å².